The first-order valence-corrected chi connectivity index (χ1v) is 4.35. The molecule has 0 fully saturated rings. The van der Waals surface area contributed by atoms with Crippen molar-refractivity contribution in [3.8, 4) is 0 Å². The van der Waals surface area contributed by atoms with Crippen molar-refractivity contribution >= 4 is 11.3 Å². The summed E-state index contributed by atoms with van der Waals surface area (Å²) in [5, 5.41) is 11.3. The molecule has 0 saturated carbocycles. The monoisotopic (exact) mass is 193 g/mol. The van der Waals surface area contributed by atoms with Gasteiger partial charge in [0.25, 0.3) is 6.43 Å². The lowest BCUT2D eigenvalue weighted by Gasteiger charge is -2.05. The Balaban J connectivity index is 2.52. The molecule has 1 rings (SSSR count). The number of aromatic nitrogens is 1. The molecule has 1 heterocycles. The number of aliphatic hydroxyl groups excluding tert-OH is 1. The van der Waals surface area contributed by atoms with Gasteiger partial charge in [-0.2, -0.15) is 0 Å². The molecule has 1 aromatic rings. The first-order chi connectivity index (χ1) is 5.59. The Bertz CT molecular complexity index is 251. The maximum atomic E-state index is 11.8. The second-order valence-electron chi connectivity index (χ2n) is 2.46. The van der Waals surface area contributed by atoms with Crippen molar-refractivity contribution in [2.24, 2.45) is 0 Å². The van der Waals surface area contributed by atoms with Crippen LogP contribution in [0.3, 0.4) is 0 Å². The summed E-state index contributed by atoms with van der Waals surface area (Å²) in [6.45, 7) is 1.79. The summed E-state index contributed by atoms with van der Waals surface area (Å²) in [6.07, 6.45) is -4.35. The zero-order chi connectivity index (χ0) is 9.14. The van der Waals surface area contributed by atoms with Crippen molar-refractivity contribution in [2.75, 3.05) is 0 Å². The van der Waals surface area contributed by atoms with Gasteiger partial charge in [-0.05, 0) is 6.92 Å². The van der Waals surface area contributed by atoms with Crippen LogP contribution in [0.15, 0.2) is 5.38 Å². The van der Waals surface area contributed by atoms with E-state index in [0.29, 0.717) is 5.69 Å². The maximum Gasteiger partial charge on any atom is 0.264 e. The standard InChI is InChI=1S/C7H9F2NOS/c1-4-10-5(3-12-4)2-6(11)7(8)9/h3,6-7,11H,2H2,1H3. The molecular weight excluding hydrogens is 184 g/mol. The number of thiazole rings is 1. The average molecular weight is 193 g/mol. The Morgan fingerprint density at radius 3 is 2.75 bits per heavy atom. The van der Waals surface area contributed by atoms with Gasteiger partial charge in [-0.1, -0.05) is 0 Å². The number of hydrogen-bond donors (Lipinski definition) is 1. The van der Waals surface area contributed by atoms with Crippen molar-refractivity contribution < 1.29 is 13.9 Å². The molecule has 2 nitrogen and oxygen atoms in total. The Morgan fingerprint density at radius 2 is 2.33 bits per heavy atom. The van der Waals surface area contributed by atoms with E-state index >= 15 is 0 Å². The summed E-state index contributed by atoms with van der Waals surface area (Å²) in [5.74, 6) is 0. The van der Waals surface area contributed by atoms with E-state index < -0.39 is 12.5 Å². The van der Waals surface area contributed by atoms with E-state index in [1.54, 1.807) is 12.3 Å². The van der Waals surface area contributed by atoms with Crippen LogP contribution in [-0.2, 0) is 6.42 Å². The zero-order valence-corrected chi connectivity index (χ0v) is 7.31. The van der Waals surface area contributed by atoms with Crippen molar-refractivity contribution in [1.29, 1.82) is 0 Å². The van der Waals surface area contributed by atoms with Crippen molar-refractivity contribution in [1.82, 2.24) is 4.98 Å². The minimum Gasteiger partial charge on any atom is -0.387 e. The van der Waals surface area contributed by atoms with Crippen molar-refractivity contribution in [3.63, 3.8) is 0 Å². The first-order valence-electron chi connectivity index (χ1n) is 3.47. The number of hydrogen-bond acceptors (Lipinski definition) is 3. The Hall–Kier alpha value is -0.550. The highest BCUT2D eigenvalue weighted by Crippen LogP contribution is 2.12. The van der Waals surface area contributed by atoms with E-state index in [4.69, 9.17) is 5.11 Å². The van der Waals surface area contributed by atoms with Crippen LogP contribution in [-0.4, -0.2) is 22.6 Å². The fraction of sp³-hybridized carbons (Fsp3) is 0.571. The SMILES string of the molecule is Cc1nc(CC(O)C(F)F)cs1. The fourth-order valence-electron chi connectivity index (χ4n) is 0.805. The molecule has 0 saturated heterocycles. The molecule has 12 heavy (non-hydrogen) atoms. The number of aliphatic hydroxyl groups is 1. The summed E-state index contributed by atoms with van der Waals surface area (Å²) >= 11 is 1.39. The van der Waals surface area contributed by atoms with Crippen LogP contribution in [0.2, 0.25) is 0 Å². The average Bonchev–Trinajstić information content (AvgIpc) is 2.35. The molecule has 0 radical (unpaired) electrons. The molecule has 0 spiro atoms. The lowest BCUT2D eigenvalue weighted by atomic mass is 10.2. The summed E-state index contributed by atoms with van der Waals surface area (Å²) in [7, 11) is 0. The highest BCUT2D eigenvalue weighted by molar-refractivity contribution is 7.09. The molecule has 1 aromatic heterocycles. The molecular formula is C7H9F2NOS. The van der Waals surface area contributed by atoms with E-state index in [0.717, 1.165) is 5.01 Å². The smallest absolute Gasteiger partial charge is 0.264 e. The third-order valence-corrected chi connectivity index (χ3v) is 2.20. The minimum atomic E-state index is -2.69. The number of aryl methyl sites for hydroxylation is 1. The molecule has 68 valence electrons. The Morgan fingerprint density at radius 1 is 1.67 bits per heavy atom. The predicted octanol–water partition coefficient (Wildman–Crippen LogP) is 1.62. The summed E-state index contributed by atoms with van der Waals surface area (Å²) in [5.41, 5.74) is 0.533. The molecule has 1 atom stereocenters. The van der Waals surface area contributed by atoms with Crippen LogP contribution in [0.25, 0.3) is 0 Å². The van der Waals surface area contributed by atoms with Gasteiger partial charge in [-0.3, -0.25) is 0 Å². The topological polar surface area (TPSA) is 33.1 Å². The first kappa shape index (κ1) is 9.54. The molecule has 0 aliphatic heterocycles. The van der Waals surface area contributed by atoms with Crippen molar-refractivity contribution in [3.05, 3.63) is 16.1 Å². The van der Waals surface area contributed by atoms with E-state index in [-0.39, 0.29) is 6.42 Å². The van der Waals surface area contributed by atoms with Crippen LogP contribution in [0.4, 0.5) is 8.78 Å². The molecule has 0 aliphatic rings. The summed E-state index contributed by atoms with van der Waals surface area (Å²) < 4.78 is 23.7. The fourth-order valence-corrected chi connectivity index (χ4v) is 1.43. The highest BCUT2D eigenvalue weighted by atomic mass is 32.1. The van der Waals surface area contributed by atoms with Gasteiger partial charge in [0.1, 0.15) is 6.10 Å². The van der Waals surface area contributed by atoms with Gasteiger partial charge in [0.05, 0.1) is 10.7 Å². The number of halogens is 2. The lowest BCUT2D eigenvalue weighted by Crippen LogP contribution is -2.20. The third-order valence-electron chi connectivity index (χ3n) is 1.38. The molecule has 0 amide bonds. The van der Waals surface area contributed by atoms with Gasteiger partial charge < -0.3 is 5.11 Å². The normalized spacial score (nSPS) is 13.8. The van der Waals surface area contributed by atoms with Crippen LogP contribution in [0.1, 0.15) is 10.7 Å². The second kappa shape index (κ2) is 3.91. The maximum absolute atomic E-state index is 11.8. The van der Waals surface area contributed by atoms with Gasteiger partial charge in [0.15, 0.2) is 0 Å². The van der Waals surface area contributed by atoms with E-state index in [2.05, 4.69) is 4.98 Å². The van der Waals surface area contributed by atoms with Crippen LogP contribution in [0.5, 0.6) is 0 Å². The van der Waals surface area contributed by atoms with Crippen LogP contribution >= 0.6 is 11.3 Å². The number of alkyl halides is 2. The number of rotatable bonds is 3. The molecule has 0 aliphatic carbocycles. The Labute approximate surface area is 72.9 Å². The second-order valence-corrected chi connectivity index (χ2v) is 3.53. The van der Waals surface area contributed by atoms with Crippen LogP contribution in [0, 0.1) is 6.92 Å². The molecule has 1 N–H and O–H groups in total. The third kappa shape index (κ3) is 2.49. The van der Waals surface area contributed by atoms with Gasteiger partial charge in [0.2, 0.25) is 0 Å². The zero-order valence-electron chi connectivity index (χ0n) is 6.50. The molecule has 5 heteroatoms. The summed E-state index contributed by atoms with van der Waals surface area (Å²) in [4.78, 5) is 3.96. The van der Waals surface area contributed by atoms with Gasteiger partial charge in [0, 0.05) is 11.8 Å². The summed E-state index contributed by atoms with van der Waals surface area (Å²) in [6, 6.07) is 0. The van der Waals surface area contributed by atoms with Gasteiger partial charge >= 0.3 is 0 Å². The van der Waals surface area contributed by atoms with Crippen molar-refractivity contribution in [2.45, 2.75) is 25.9 Å². The van der Waals surface area contributed by atoms with E-state index in [1.165, 1.54) is 11.3 Å². The Kier molecular flexibility index (Phi) is 3.11. The quantitative estimate of drug-likeness (QED) is 0.791. The van der Waals surface area contributed by atoms with Crippen LogP contribution < -0.4 is 0 Å². The molecule has 0 bridgehead atoms. The van der Waals surface area contributed by atoms with E-state index in [1.807, 2.05) is 0 Å². The largest absolute Gasteiger partial charge is 0.387 e. The van der Waals surface area contributed by atoms with Gasteiger partial charge in [-0.25, -0.2) is 13.8 Å². The number of nitrogens with zero attached hydrogens (tertiary/aromatic N) is 1. The lowest BCUT2D eigenvalue weighted by molar-refractivity contribution is -0.00410. The molecule has 0 aromatic carbocycles. The minimum absolute atomic E-state index is 0.0675. The molecule has 1 unspecified atom stereocenters. The van der Waals surface area contributed by atoms with E-state index in [9.17, 15) is 8.78 Å². The predicted molar refractivity (Wildman–Crippen MR) is 42.6 cm³/mol. The van der Waals surface area contributed by atoms with Gasteiger partial charge in [-0.15, -0.1) is 11.3 Å². The highest BCUT2D eigenvalue weighted by Gasteiger charge is 2.18.